The summed E-state index contributed by atoms with van der Waals surface area (Å²) in [6.45, 7) is 6.87. The van der Waals surface area contributed by atoms with Gasteiger partial charge < -0.3 is 20.7 Å². The summed E-state index contributed by atoms with van der Waals surface area (Å²) in [5.41, 5.74) is 3.27. The topological polar surface area (TPSA) is 74.8 Å². The number of hydrogen-bond donors (Lipinski definition) is 3. The van der Waals surface area contributed by atoms with Gasteiger partial charge in [0.15, 0.2) is 5.96 Å². The lowest BCUT2D eigenvalue weighted by Crippen LogP contribution is -2.38. The van der Waals surface area contributed by atoms with E-state index in [1.165, 1.54) is 5.56 Å². The van der Waals surface area contributed by atoms with E-state index in [2.05, 4.69) is 28.9 Å². The van der Waals surface area contributed by atoms with Gasteiger partial charge in [-0.2, -0.15) is 0 Å². The molecule has 3 N–H and O–H groups in total. The Kier molecular flexibility index (Phi) is 9.93. The molecule has 0 saturated heterocycles. The summed E-state index contributed by atoms with van der Waals surface area (Å²) in [6.07, 6.45) is 1.33. The van der Waals surface area contributed by atoms with Crippen LogP contribution in [0.2, 0.25) is 0 Å². The highest BCUT2D eigenvalue weighted by atomic mass is 127. The fourth-order valence-electron chi connectivity index (χ4n) is 3.31. The molecule has 0 fully saturated rings. The second-order valence-electron chi connectivity index (χ2n) is 7.20. The Morgan fingerprint density at radius 2 is 1.93 bits per heavy atom. The Hall–Kier alpha value is -2.29. The minimum atomic E-state index is 0. The Morgan fingerprint density at radius 1 is 1.17 bits per heavy atom. The molecule has 162 valence electrons. The molecule has 2 aromatic rings. The first-order chi connectivity index (χ1) is 14.2. The number of halogens is 1. The number of ether oxygens (including phenoxy) is 1. The van der Waals surface area contributed by atoms with Crippen LogP contribution in [0.3, 0.4) is 0 Å². The van der Waals surface area contributed by atoms with Crippen molar-refractivity contribution < 1.29 is 9.53 Å². The molecule has 0 spiro atoms. The number of carbonyl (C=O) groups is 1. The number of para-hydroxylation sites is 1. The lowest BCUT2D eigenvalue weighted by atomic mass is 9.91. The fourth-order valence-corrected chi connectivity index (χ4v) is 3.31. The van der Waals surface area contributed by atoms with Crippen molar-refractivity contribution in [3.05, 3.63) is 59.7 Å². The number of rotatable bonds is 8. The van der Waals surface area contributed by atoms with Crippen LogP contribution >= 0.6 is 24.0 Å². The van der Waals surface area contributed by atoms with E-state index in [4.69, 9.17) is 9.73 Å². The third-order valence-corrected chi connectivity index (χ3v) is 4.82. The second kappa shape index (κ2) is 12.4. The number of hydrogen-bond acceptors (Lipinski definition) is 3. The Bertz CT molecular complexity index is 839. The SMILES string of the molecule is CCNC(=NCC1CC(=O)Nc2ccccc21)NCCCOc1ccc(C)cc1.I. The minimum absolute atomic E-state index is 0. The van der Waals surface area contributed by atoms with Gasteiger partial charge in [-0.1, -0.05) is 35.9 Å². The van der Waals surface area contributed by atoms with Gasteiger partial charge >= 0.3 is 0 Å². The molecular formula is C23H31IN4O2. The summed E-state index contributed by atoms with van der Waals surface area (Å²) in [7, 11) is 0. The standard InChI is InChI=1S/C23H30N4O2.HI/c1-3-24-23(25-13-6-14-29-19-11-9-17(2)10-12-19)26-16-18-15-22(28)27-21-8-5-4-7-20(18)21;/h4-5,7-12,18H,3,6,13-16H2,1-2H3,(H,27,28)(H2,24,25,26);1H. The van der Waals surface area contributed by atoms with Gasteiger partial charge in [-0.3, -0.25) is 9.79 Å². The maximum absolute atomic E-state index is 12.0. The number of nitrogens with one attached hydrogen (secondary N) is 3. The van der Waals surface area contributed by atoms with Crippen LogP contribution in [0.1, 0.15) is 36.8 Å². The summed E-state index contributed by atoms with van der Waals surface area (Å²) >= 11 is 0. The highest BCUT2D eigenvalue weighted by Gasteiger charge is 2.24. The van der Waals surface area contributed by atoms with Crippen molar-refractivity contribution in [1.82, 2.24) is 10.6 Å². The summed E-state index contributed by atoms with van der Waals surface area (Å²) in [4.78, 5) is 16.7. The van der Waals surface area contributed by atoms with Crippen molar-refractivity contribution in [1.29, 1.82) is 0 Å². The van der Waals surface area contributed by atoms with Gasteiger partial charge in [0.1, 0.15) is 5.75 Å². The first-order valence-corrected chi connectivity index (χ1v) is 10.3. The lowest BCUT2D eigenvalue weighted by molar-refractivity contribution is -0.116. The maximum Gasteiger partial charge on any atom is 0.225 e. The van der Waals surface area contributed by atoms with Crippen LogP contribution < -0.4 is 20.7 Å². The molecule has 7 heteroatoms. The van der Waals surface area contributed by atoms with Gasteiger partial charge in [-0.15, -0.1) is 24.0 Å². The largest absolute Gasteiger partial charge is 0.494 e. The van der Waals surface area contributed by atoms with Crippen molar-refractivity contribution in [3.63, 3.8) is 0 Å². The van der Waals surface area contributed by atoms with Gasteiger partial charge in [0.25, 0.3) is 0 Å². The smallest absolute Gasteiger partial charge is 0.225 e. The molecule has 0 aromatic heterocycles. The molecule has 3 rings (SSSR count). The summed E-state index contributed by atoms with van der Waals surface area (Å²) in [6, 6.07) is 16.0. The monoisotopic (exact) mass is 522 g/mol. The zero-order chi connectivity index (χ0) is 20.5. The molecule has 1 aliphatic rings. The van der Waals surface area contributed by atoms with Crippen LogP contribution in [0.15, 0.2) is 53.5 Å². The quantitative estimate of drug-likeness (QED) is 0.212. The molecule has 2 aromatic carbocycles. The normalized spacial score (nSPS) is 15.5. The van der Waals surface area contributed by atoms with E-state index in [1.807, 2.05) is 49.4 Å². The van der Waals surface area contributed by atoms with E-state index in [0.717, 1.165) is 42.5 Å². The van der Waals surface area contributed by atoms with Crippen LogP contribution in [0.5, 0.6) is 5.75 Å². The molecule has 1 amide bonds. The van der Waals surface area contributed by atoms with Crippen LogP contribution in [0.25, 0.3) is 0 Å². The lowest BCUT2D eigenvalue weighted by Gasteiger charge is -2.24. The Balaban J connectivity index is 0.00000320. The molecule has 1 heterocycles. The average Bonchev–Trinajstić information content (AvgIpc) is 2.72. The first kappa shape index (κ1) is 24.0. The van der Waals surface area contributed by atoms with E-state index in [-0.39, 0.29) is 35.8 Å². The van der Waals surface area contributed by atoms with E-state index in [9.17, 15) is 4.79 Å². The van der Waals surface area contributed by atoms with Crippen LogP contribution in [0.4, 0.5) is 5.69 Å². The summed E-state index contributed by atoms with van der Waals surface area (Å²) in [5, 5.41) is 9.55. The molecule has 0 bridgehead atoms. The predicted molar refractivity (Wildman–Crippen MR) is 133 cm³/mol. The molecule has 0 radical (unpaired) electrons. The fraction of sp³-hybridized carbons (Fsp3) is 0.391. The van der Waals surface area contributed by atoms with Crippen molar-refractivity contribution >= 4 is 41.5 Å². The Labute approximate surface area is 195 Å². The van der Waals surface area contributed by atoms with Gasteiger partial charge in [0, 0.05) is 31.1 Å². The van der Waals surface area contributed by atoms with E-state index in [1.54, 1.807) is 0 Å². The number of benzene rings is 2. The minimum Gasteiger partial charge on any atom is -0.494 e. The van der Waals surface area contributed by atoms with E-state index in [0.29, 0.717) is 19.6 Å². The van der Waals surface area contributed by atoms with Crippen molar-refractivity contribution in [2.24, 2.45) is 4.99 Å². The maximum atomic E-state index is 12.0. The van der Waals surface area contributed by atoms with Crippen LogP contribution in [0, 0.1) is 6.92 Å². The predicted octanol–water partition coefficient (Wildman–Crippen LogP) is 4.06. The van der Waals surface area contributed by atoms with Crippen molar-refractivity contribution in [2.45, 2.75) is 32.6 Å². The number of aliphatic imine (C=N–C) groups is 1. The van der Waals surface area contributed by atoms with Crippen molar-refractivity contribution in [2.75, 3.05) is 31.6 Å². The summed E-state index contributed by atoms with van der Waals surface area (Å²) < 4.78 is 5.76. The second-order valence-corrected chi connectivity index (χ2v) is 7.20. The number of fused-ring (bicyclic) bond motifs is 1. The van der Waals surface area contributed by atoms with Gasteiger partial charge in [-0.25, -0.2) is 0 Å². The molecule has 1 unspecified atom stereocenters. The molecule has 0 saturated carbocycles. The molecule has 1 aliphatic heterocycles. The highest BCUT2D eigenvalue weighted by molar-refractivity contribution is 14.0. The molecular weight excluding hydrogens is 491 g/mol. The van der Waals surface area contributed by atoms with E-state index >= 15 is 0 Å². The van der Waals surface area contributed by atoms with Gasteiger partial charge in [-0.05, 0) is 44.0 Å². The van der Waals surface area contributed by atoms with Gasteiger partial charge in [0.05, 0.1) is 13.2 Å². The van der Waals surface area contributed by atoms with E-state index < -0.39 is 0 Å². The van der Waals surface area contributed by atoms with Crippen molar-refractivity contribution in [3.8, 4) is 5.75 Å². The van der Waals surface area contributed by atoms with Gasteiger partial charge in [0.2, 0.25) is 5.91 Å². The third kappa shape index (κ3) is 7.19. The number of aryl methyl sites for hydroxylation is 1. The number of carbonyl (C=O) groups excluding carboxylic acids is 1. The number of nitrogens with zero attached hydrogens (tertiary/aromatic N) is 1. The summed E-state index contributed by atoms with van der Waals surface area (Å²) in [5.74, 6) is 1.81. The average molecular weight is 522 g/mol. The highest BCUT2D eigenvalue weighted by Crippen LogP contribution is 2.31. The van der Waals surface area contributed by atoms with Crippen LogP contribution in [-0.2, 0) is 4.79 Å². The zero-order valence-corrected chi connectivity index (χ0v) is 19.9. The zero-order valence-electron chi connectivity index (χ0n) is 17.6. The molecule has 30 heavy (non-hydrogen) atoms. The first-order valence-electron chi connectivity index (χ1n) is 10.3. The molecule has 1 atom stereocenters. The number of guanidine groups is 1. The molecule has 6 nitrogen and oxygen atoms in total. The Morgan fingerprint density at radius 3 is 2.70 bits per heavy atom. The number of amides is 1. The third-order valence-electron chi connectivity index (χ3n) is 4.82. The van der Waals surface area contributed by atoms with Crippen LogP contribution in [-0.4, -0.2) is 38.1 Å². The number of anilines is 1. The molecule has 0 aliphatic carbocycles.